The van der Waals surface area contributed by atoms with Gasteiger partial charge >= 0.3 is 5.97 Å². The lowest BCUT2D eigenvalue weighted by atomic mass is 9.68. The maximum Gasteiger partial charge on any atom is 0.336 e. The van der Waals surface area contributed by atoms with Gasteiger partial charge in [-0.05, 0) is 82.6 Å². The number of piperidine rings is 1. The number of rotatable bonds is 10. The zero-order chi connectivity index (χ0) is 29.5. The Morgan fingerprint density at radius 3 is 2.10 bits per heavy atom. The maximum absolute atomic E-state index is 13.0. The molecule has 6 nitrogen and oxygen atoms in total. The number of allylic oxidation sites excluding steroid dienone is 3. The van der Waals surface area contributed by atoms with Crippen LogP contribution < -0.4 is 5.32 Å². The van der Waals surface area contributed by atoms with Crippen molar-refractivity contribution in [3.63, 3.8) is 0 Å². The van der Waals surface area contributed by atoms with Crippen molar-refractivity contribution in [1.82, 2.24) is 15.1 Å². The summed E-state index contributed by atoms with van der Waals surface area (Å²) < 4.78 is 5.25. The molecular formula is C36H47N3O3. The summed E-state index contributed by atoms with van der Waals surface area (Å²) in [4.78, 5) is 30.0. The molecule has 2 aliphatic heterocycles. The van der Waals surface area contributed by atoms with Crippen LogP contribution in [0.3, 0.4) is 0 Å². The van der Waals surface area contributed by atoms with Crippen molar-refractivity contribution in [2.45, 2.75) is 70.6 Å². The molecule has 1 atom stereocenters. The Morgan fingerprint density at radius 2 is 1.55 bits per heavy atom. The van der Waals surface area contributed by atoms with E-state index in [0.29, 0.717) is 18.0 Å². The van der Waals surface area contributed by atoms with E-state index in [4.69, 9.17) is 4.74 Å². The molecule has 1 saturated carbocycles. The fourth-order valence-electron chi connectivity index (χ4n) is 7.84. The molecule has 2 aromatic carbocycles. The van der Waals surface area contributed by atoms with Gasteiger partial charge in [0, 0.05) is 35.0 Å². The molecule has 2 fully saturated rings. The van der Waals surface area contributed by atoms with Gasteiger partial charge in [0.25, 0.3) is 0 Å². The van der Waals surface area contributed by atoms with Crippen LogP contribution in [0, 0.1) is 11.8 Å². The number of carbonyl (C=O) groups excluding carboxylic acids is 2. The Labute approximate surface area is 251 Å². The first kappa shape index (κ1) is 30.1. The monoisotopic (exact) mass is 569 g/mol. The minimum absolute atomic E-state index is 0.0330. The zero-order valence-corrected chi connectivity index (χ0v) is 25.6. The van der Waals surface area contributed by atoms with Crippen LogP contribution in [0.5, 0.6) is 0 Å². The molecule has 224 valence electrons. The summed E-state index contributed by atoms with van der Waals surface area (Å²) in [5, 5.41) is 3.41. The summed E-state index contributed by atoms with van der Waals surface area (Å²) in [7, 11) is 1.45. The second-order valence-electron chi connectivity index (χ2n) is 12.3. The number of benzene rings is 2. The van der Waals surface area contributed by atoms with Gasteiger partial charge in [-0.15, -0.1) is 0 Å². The first-order valence-electron chi connectivity index (χ1n) is 15.8. The van der Waals surface area contributed by atoms with Gasteiger partial charge in [-0.3, -0.25) is 4.79 Å². The highest BCUT2D eigenvalue weighted by Crippen LogP contribution is 2.44. The molecule has 6 heteroatoms. The summed E-state index contributed by atoms with van der Waals surface area (Å²) in [6, 6.07) is 21.9. The lowest BCUT2D eigenvalue weighted by Gasteiger charge is -2.43. The first-order valence-corrected chi connectivity index (χ1v) is 15.8. The highest BCUT2D eigenvalue weighted by Gasteiger charge is 2.41. The largest absolute Gasteiger partial charge is 0.466 e. The van der Waals surface area contributed by atoms with Gasteiger partial charge in [0.15, 0.2) is 0 Å². The van der Waals surface area contributed by atoms with Crippen LogP contribution >= 0.6 is 0 Å². The van der Waals surface area contributed by atoms with Crippen LogP contribution in [0.25, 0.3) is 0 Å². The standard InChI is InChI=1S/C36H47N3O3/c1-27-32(35(41)42-3)33(29-14-7-4-8-15-29)34(28(2)37-27)39(26-40)23-13-22-38-24-20-36(21-25-38,30-16-9-5-10-17-30)31-18-11-6-12-19-31/h5-6,9-12,16-19,26,29,33,37H,4,7-8,13-15,20-25H2,1-3H3. The predicted molar refractivity (Wildman–Crippen MR) is 167 cm³/mol. The third-order valence-electron chi connectivity index (χ3n) is 9.97. The maximum atomic E-state index is 13.0. The van der Waals surface area contributed by atoms with Gasteiger partial charge in [-0.25, -0.2) is 4.79 Å². The smallest absolute Gasteiger partial charge is 0.336 e. The second-order valence-corrected chi connectivity index (χ2v) is 12.3. The van der Waals surface area contributed by atoms with E-state index in [1.54, 1.807) is 0 Å². The molecule has 1 N–H and O–H groups in total. The Kier molecular flexibility index (Phi) is 9.84. The van der Waals surface area contributed by atoms with E-state index < -0.39 is 0 Å². The predicted octanol–water partition coefficient (Wildman–Crippen LogP) is 6.40. The highest BCUT2D eigenvalue weighted by molar-refractivity contribution is 5.91. The minimum atomic E-state index is -0.292. The Hall–Kier alpha value is -3.38. The van der Waals surface area contributed by atoms with Gasteiger partial charge < -0.3 is 19.9 Å². The third kappa shape index (κ3) is 6.19. The number of dihydropyridines is 1. The third-order valence-corrected chi connectivity index (χ3v) is 9.97. The number of hydrogen-bond donors (Lipinski definition) is 1. The van der Waals surface area contributed by atoms with Crippen molar-refractivity contribution in [3.8, 4) is 0 Å². The van der Waals surface area contributed by atoms with E-state index >= 15 is 0 Å². The van der Waals surface area contributed by atoms with E-state index in [-0.39, 0.29) is 17.3 Å². The molecule has 0 aromatic heterocycles. The average molecular weight is 570 g/mol. The van der Waals surface area contributed by atoms with Crippen molar-refractivity contribution in [1.29, 1.82) is 0 Å². The molecule has 1 saturated heterocycles. The Bertz CT molecular complexity index is 1230. The fourth-order valence-corrected chi connectivity index (χ4v) is 7.84. The van der Waals surface area contributed by atoms with Crippen LogP contribution in [-0.2, 0) is 19.7 Å². The average Bonchev–Trinajstić information content (AvgIpc) is 3.04. The van der Waals surface area contributed by atoms with Gasteiger partial charge in [0.1, 0.15) is 0 Å². The molecule has 0 bridgehead atoms. The number of amides is 1. The topological polar surface area (TPSA) is 61.9 Å². The molecule has 0 spiro atoms. The summed E-state index contributed by atoms with van der Waals surface area (Å²) in [6.07, 6.45) is 9.70. The second kappa shape index (κ2) is 13.7. The Morgan fingerprint density at radius 1 is 0.952 bits per heavy atom. The number of likely N-dealkylation sites (tertiary alicyclic amines) is 1. The first-order chi connectivity index (χ1) is 20.5. The van der Waals surface area contributed by atoms with Gasteiger partial charge in [-0.1, -0.05) is 79.9 Å². The van der Waals surface area contributed by atoms with Crippen LogP contribution in [-0.4, -0.2) is 55.5 Å². The van der Waals surface area contributed by atoms with Crippen molar-refractivity contribution < 1.29 is 14.3 Å². The molecule has 1 unspecified atom stereocenters. The summed E-state index contributed by atoms with van der Waals surface area (Å²) >= 11 is 0. The van der Waals surface area contributed by atoms with Crippen LogP contribution in [0.2, 0.25) is 0 Å². The quantitative estimate of drug-likeness (QED) is 0.265. The SMILES string of the molecule is COC(=O)C1=C(C)NC(C)=C(N(C=O)CCCN2CCC(c3ccccc3)(c3ccccc3)CC2)C1C1CCCCC1. The van der Waals surface area contributed by atoms with Gasteiger partial charge in [-0.2, -0.15) is 0 Å². The molecule has 5 rings (SSSR count). The van der Waals surface area contributed by atoms with E-state index in [1.165, 1.54) is 24.7 Å². The number of carbonyl (C=O) groups is 2. The van der Waals surface area contributed by atoms with Crippen molar-refractivity contribution in [2.24, 2.45) is 11.8 Å². The molecule has 42 heavy (non-hydrogen) atoms. The van der Waals surface area contributed by atoms with E-state index in [2.05, 4.69) is 70.9 Å². The number of hydrogen-bond acceptors (Lipinski definition) is 5. The molecule has 1 aliphatic carbocycles. The number of ether oxygens (including phenoxy) is 1. The normalized spacial score (nSPS) is 21.5. The summed E-state index contributed by atoms with van der Waals surface area (Å²) in [5.41, 5.74) is 6.28. The number of methoxy groups -OCH3 is 1. The van der Waals surface area contributed by atoms with E-state index in [0.717, 1.165) is 88.1 Å². The number of nitrogens with one attached hydrogen (secondary N) is 1. The summed E-state index contributed by atoms with van der Waals surface area (Å²) in [5.74, 6) is -0.0694. The lowest BCUT2D eigenvalue weighted by Crippen LogP contribution is -2.44. The van der Waals surface area contributed by atoms with Crippen LogP contribution in [0.15, 0.2) is 83.3 Å². The molecular weight excluding hydrogens is 522 g/mol. The summed E-state index contributed by atoms with van der Waals surface area (Å²) in [6.45, 7) is 7.61. The molecule has 3 aliphatic rings. The molecule has 2 aromatic rings. The lowest BCUT2D eigenvalue weighted by molar-refractivity contribution is -0.137. The van der Waals surface area contributed by atoms with Gasteiger partial charge in [0.2, 0.25) is 6.41 Å². The van der Waals surface area contributed by atoms with Crippen molar-refractivity contribution in [3.05, 3.63) is 94.5 Å². The minimum Gasteiger partial charge on any atom is -0.466 e. The van der Waals surface area contributed by atoms with Crippen LogP contribution in [0.1, 0.15) is 76.3 Å². The van der Waals surface area contributed by atoms with E-state index in [1.807, 2.05) is 18.7 Å². The zero-order valence-electron chi connectivity index (χ0n) is 25.6. The number of nitrogens with zero attached hydrogens (tertiary/aromatic N) is 2. The van der Waals surface area contributed by atoms with Crippen LogP contribution in [0.4, 0.5) is 0 Å². The van der Waals surface area contributed by atoms with Crippen molar-refractivity contribution in [2.75, 3.05) is 33.3 Å². The van der Waals surface area contributed by atoms with Crippen molar-refractivity contribution >= 4 is 12.4 Å². The number of esters is 1. The molecule has 2 heterocycles. The molecule has 1 amide bonds. The Balaban J connectivity index is 1.27. The van der Waals surface area contributed by atoms with E-state index in [9.17, 15) is 9.59 Å². The highest BCUT2D eigenvalue weighted by atomic mass is 16.5. The van der Waals surface area contributed by atoms with Gasteiger partial charge in [0.05, 0.1) is 12.7 Å². The molecule has 0 radical (unpaired) electrons. The fraction of sp³-hybridized carbons (Fsp3) is 0.500.